The fourth-order valence-electron chi connectivity index (χ4n) is 0.520. The van der Waals surface area contributed by atoms with Gasteiger partial charge in [0.25, 0.3) is 0 Å². The molecule has 1 nitrogen and oxygen atoms in total. The van der Waals surface area contributed by atoms with E-state index in [1.807, 2.05) is 0 Å². The van der Waals surface area contributed by atoms with Gasteiger partial charge in [0.05, 0.1) is 0 Å². The number of anilines is 1. The van der Waals surface area contributed by atoms with Crippen LogP contribution >= 0.6 is 11.6 Å². The van der Waals surface area contributed by atoms with E-state index in [1.165, 1.54) is 0 Å². The quantitative estimate of drug-likeness (QED) is 0.310. The number of nitrogens with two attached hydrogens (primary N) is 1. The predicted molar refractivity (Wildman–Crippen MR) is 41.5 cm³/mol. The molecular formula is C6H5ClNNaS. The smallest absolute Gasteiger partial charge is 0.778 e. The summed E-state index contributed by atoms with van der Waals surface area (Å²) >= 11 is 10.4. The van der Waals surface area contributed by atoms with Crippen LogP contribution in [0.5, 0.6) is 0 Å². The van der Waals surface area contributed by atoms with E-state index in [-0.39, 0.29) is 29.6 Å². The van der Waals surface area contributed by atoms with Crippen LogP contribution in [-0.2, 0) is 12.6 Å². The average molecular weight is 182 g/mol. The normalized spacial score (nSPS) is 8.50. The second kappa shape index (κ2) is 4.42. The van der Waals surface area contributed by atoms with Crippen LogP contribution in [0.3, 0.4) is 0 Å². The molecule has 0 saturated heterocycles. The Hall–Kier alpha value is 0.530. The van der Waals surface area contributed by atoms with Crippen LogP contribution in [0, 0.1) is 0 Å². The van der Waals surface area contributed by atoms with Crippen LogP contribution in [0.15, 0.2) is 23.1 Å². The van der Waals surface area contributed by atoms with Crippen molar-refractivity contribution in [1.29, 1.82) is 0 Å². The monoisotopic (exact) mass is 181 g/mol. The van der Waals surface area contributed by atoms with E-state index < -0.39 is 0 Å². The molecule has 0 aliphatic heterocycles. The number of rotatable bonds is 0. The molecule has 0 aliphatic carbocycles. The molecule has 48 valence electrons. The molecule has 0 heterocycles. The first-order chi connectivity index (χ1) is 4.20. The SMILES string of the molecule is Nc1ccc(Cl)c([S-])c1.[Na+]. The molecule has 1 aromatic carbocycles. The molecule has 0 aliphatic rings. The molecule has 0 atom stereocenters. The van der Waals surface area contributed by atoms with Crippen molar-refractivity contribution in [1.82, 2.24) is 0 Å². The van der Waals surface area contributed by atoms with Gasteiger partial charge in [0.2, 0.25) is 0 Å². The van der Waals surface area contributed by atoms with E-state index >= 15 is 0 Å². The maximum atomic E-state index is 5.62. The zero-order valence-corrected chi connectivity index (χ0v) is 9.17. The molecule has 0 unspecified atom stereocenters. The maximum absolute atomic E-state index is 5.62. The Morgan fingerprint density at radius 1 is 1.40 bits per heavy atom. The van der Waals surface area contributed by atoms with Crippen molar-refractivity contribution in [2.75, 3.05) is 5.73 Å². The number of benzene rings is 1. The second-order valence-electron chi connectivity index (χ2n) is 1.69. The number of halogens is 1. The zero-order valence-electron chi connectivity index (χ0n) is 5.60. The van der Waals surface area contributed by atoms with E-state index in [0.717, 1.165) is 0 Å². The van der Waals surface area contributed by atoms with E-state index in [2.05, 4.69) is 0 Å². The Kier molecular flexibility index (Phi) is 4.65. The van der Waals surface area contributed by atoms with E-state index in [4.69, 9.17) is 30.0 Å². The Morgan fingerprint density at radius 2 is 2.00 bits per heavy atom. The summed E-state index contributed by atoms with van der Waals surface area (Å²) in [5.74, 6) is 0. The van der Waals surface area contributed by atoms with Crippen LogP contribution in [-0.4, -0.2) is 0 Å². The van der Waals surface area contributed by atoms with Crippen LogP contribution in [0.2, 0.25) is 5.02 Å². The van der Waals surface area contributed by atoms with E-state index in [1.54, 1.807) is 18.2 Å². The van der Waals surface area contributed by atoms with E-state index in [9.17, 15) is 0 Å². The topological polar surface area (TPSA) is 26.0 Å². The van der Waals surface area contributed by atoms with Crippen molar-refractivity contribution in [3.63, 3.8) is 0 Å². The van der Waals surface area contributed by atoms with Crippen molar-refractivity contribution >= 4 is 29.9 Å². The van der Waals surface area contributed by atoms with Gasteiger partial charge in [0.1, 0.15) is 0 Å². The summed E-state index contributed by atoms with van der Waals surface area (Å²) < 4.78 is 0. The molecule has 0 spiro atoms. The van der Waals surface area contributed by atoms with Gasteiger partial charge in [0.15, 0.2) is 0 Å². The third-order valence-corrected chi connectivity index (χ3v) is 1.73. The van der Waals surface area contributed by atoms with Gasteiger partial charge in [0, 0.05) is 10.7 Å². The van der Waals surface area contributed by atoms with Crippen molar-refractivity contribution in [2.24, 2.45) is 0 Å². The summed E-state index contributed by atoms with van der Waals surface area (Å²) in [6.45, 7) is 0. The van der Waals surface area contributed by atoms with Gasteiger partial charge in [-0.3, -0.25) is 0 Å². The van der Waals surface area contributed by atoms with Crippen molar-refractivity contribution in [2.45, 2.75) is 4.90 Å². The van der Waals surface area contributed by atoms with Gasteiger partial charge in [-0.15, -0.1) is 0 Å². The third kappa shape index (κ3) is 2.64. The summed E-state index contributed by atoms with van der Waals surface area (Å²) in [7, 11) is 0. The van der Waals surface area contributed by atoms with Crippen molar-refractivity contribution < 1.29 is 29.6 Å². The first-order valence-corrected chi connectivity index (χ1v) is 3.21. The minimum Gasteiger partial charge on any atom is -0.778 e. The van der Waals surface area contributed by atoms with Crippen LogP contribution < -0.4 is 35.3 Å². The van der Waals surface area contributed by atoms with Crippen LogP contribution in [0.25, 0.3) is 0 Å². The van der Waals surface area contributed by atoms with Gasteiger partial charge in [-0.2, -0.15) is 4.90 Å². The van der Waals surface area contributed by atoms with Gasteiger partial charge in [-0.1, -0.05) is 17.7 Å². The largest absolute Gasteiger partial charge is 1.00 e. The Balaban J connectivity index is 0.000000810. The number of hydrogen-bond donors (Lipinski definition) is 1. The number of nitrogen functional groups attached to an aromatic ring is 1. The molecule has 0 fully saturated rings. The minimum absolute atomic E-state index is 0. The van der Waals surface area contributed by atoms with Gasteiger partial charge in [-0.25, -0.2) is 0 Å². The summed E-state index contributed by atoms with van der Waals surface area (Å²) in [5, 5.41) is 0.583. The summed E-state index contributed by atoms with van der Waals surface area (Å²) in [6.07, 6.45) is 0. The summed E-state index contributed by atoms with van der Waals surface area (Å²) in [5.41, 5.74) is 6.06. The first kappa shape index (κ1) is 10.5. The number of hydrogen-bond acceptors (Lipinski definition) is 2. The molecule has 1 aromatic rings. The van der Waals surface area contributed by atoms with Gasteiger partial charge >= 0.3 is 29.6 Å². The molecule has 4 heteroatoms. The molecular weight excluding hydrogens is 177 g/mol. The van der Waals surface area contributed by atoms with Gasteiger partial charge in [-0.05, 0) is 12.1 Å². The van der Waals surface area contributed by atoms with Crippen LogP contribution in [0.1, 0.15) is 0 Å². The third-order valence-electron chi connectivity index (χ3n) is 0.955. The fraction of sp³-hybridized carbons (Fsp3) is 0. The van der Waals surface area contributed by atoms with Crippen molar-refractivity contribution in [3.8, 4) is 0 Å². The Morgan fingerprint density at radius 3 is 2.40 bits per heavy atom. The Bertz CT molecular complexity index is 229. The predicted octanol–water partition coefficient (Wildman–Crippen LogP) is -1.17. The molecule has 10 heavy (non-hydrogen) atoms. The average Bonchev–Trinajstić information content (AvgIpc) is 1.80. The Labute approximate surface area is 92.6 Å². The molecule has 0 bridgehead atoms. The molecule has 1 rings (SSSR count). The minimum atomic E-state index is 0. The molecule has 0 saturated carbocycles. The summed E-state index contributed by atoms with van der Waals surface area (Å²) in [4.78, 5) is 0.608. The second-order valence-corrected chi connectivity index (χ2v) is 2.54. The standard InChI is InChI=1S/C6H6ClNS.Na/c7-5-2-1-4(8)3-6(5)9;/h1-3,9H,8H2;/q;+1/p-1. The van der Waals surface area contributed by atoms with E-state index in [0.29, 0.717) is 15.6 Å². The fourth-order valence-corrected chi connectivity index (χ4v) is 0.842. The molecule has 2 N–H and O–H groups in total. The van der Waals surface area contributed by atoms with Crippen molar-refractivity contribution in [3.05, 3.63) is 23.2 Å². The van der Waals surface area contributed by atoms with Crippen LogP contribution in [0.4, 0.5) is 5.69 Å². The first-order valence-electron chi connectivity index (χ1n) is 2.42. The summed E-state index contributed by atoms with van der Waals surface area (Å²) in [6, 6.07) is 5.08. The zero-order chi connectivity index (χ0) is 6.85. The van der Waals surface area contributed by atoms with Gasteiger partial charge < -0.3 is 18.4 Å². The molecule has 0 radical (unpaired) electrons. The molecule has 0 amide bonds. The maximum Gasteiger partial charge on any atom is 1.00 e. The molecule has 0 aromatic heterocycles.